The second-order valence-corrected chi connectivity index (χ2v) is 6.14. The summed E-state index contributed by atoms with van der Waals surface area (Å²) in [5.74, 6) is 0.427. The van der Waals surface area contributed by atoms with Crippen LogP contribution in [0.4, 0.5) is 0 Å². The Morgan fingerprint density at radius 3 is 2.40 bits per heavy atom. The van der Waals surface area contributed by atoms with Crippen molar-refractivity contribution in [1.29, 1.82) is 0 Å². The molecule has 4 heteroatoms. The van der Waals surface area contributed by atoms with Crippen molar-refractivity contribution in [2.45, 2.75) is 32.2 Å². The molecule has 25 heavy (non-hydrogen) atoms. The maximum atomic E-state index is 12.4. The van der Waals surface area contributed by atoms with Crippen molar-refractivity contribution in [3.05, 3.63) is 89.3 Å². The van der Waals surface area contributed by atoms with Gasteiger partial charge in [0.15, 0.2) is 5.69 Å². The van der Waals surface area contributed by atoms with Crippen LogP contribution in [0.1, 0.15) is 46.3 Å². The third kappa shape index (κ3) is 4.80. The summed E-state index contributed by atoms with van der Waals surface area (Å²) in [5.41, 5.74) is 2.73. The quantitative estimate of drug-likeness (QED) is 0.693. The Labute approximate surface area is 147 Å². The van der Waals surface area contributed by atoms with E-state index in [1.807, 2.05) is 36.4 Å². The second kappa shape index (κ2) is 8.29. The molecule has 1 amide bonds. The van der Waals surface area contributed by atoms with Gasteiger partial charge in [0.05, 0.1) is 6.04 Å². The molecular formula is C21H22N2O2. The van der Waals surface area contributed by atoms with E-state index in [0.717, 1.165) is 24.8 Å². The number of hydrogen-bond acceptors (Lipinski definition) is 3. The van der Waals surface area contributed by atoms with Gasteiger partial charge in [-0.15, -0.1) is 0 Å². The first kappa shape index (κ1) is 17.0. The van der Waals surface area contributed by atoms with Gasteiger partial charge < -0.3 is 9.84 Å². The molecule has 128 valence electrons. The Bertz CT molecular complexity index is 797. The summed E-state index contributed by atoms with van der Waals surface area (Å²) in [6.45, 7) is 1.78. The molecule has 0 bridgehead atoms. The van der Waals surface area contributed by atoms with Crippen molar-refractivity contribution < 1.29 is 9.32 Å². The second-order valence-electron chi connectivity index (χ2n) is 6.14. The van der Waals surface area contributed by atoms with Gasteiger partial charge in [-0.05, 0) is 37.3 Å². The highest BCUT2D eigenvalue weighted by molar-refractivity contribution is 5.92. The van der Waals surface area contributed by atoms with Gasteiger partial charge in [-0.3, -0.25) is 4.79 Å². The van der Waals surface area contributed by atoms with Gasteiger partial charge in [0.25, 0.3) is 5.91 Å². The van der Waals surface area contributed by atoms with Crippen LogP contribution < -0.4 is 5.32 Å². The molecule has 4 nitrogen and oxygen atoms in total. The van der Waals surface area contributed by atoms with E-state index in [1.165, 1.54) is 5.56 Å². The molecule has 0 fully saturated rings. The van der Waals surface area contributed by atoms with Crippen LogP contribution in [0, 0.1) is 6.92 Å². The highest BCUT2D eigenvalue weighted by atomic mass is 16.5. The summed E-state index contributed by atoms with van der Waals surface area (Å²) in [6.07, 6.45) is 2.84. The smallest absolute Gasteiger partial charge is 0.273 e. The normalized spacial score (nSPS) is 11.9. The summed E-state index contributed by atoms with van der Waals surface area (Å²) >= 11 is 0. The minimum absolute atomic E-state index is 0.0468. The molecule has 0 aliphatic heterocycles. The first-order valence-corrected chi connectivity index (χ1v) is 8.55. The van der Waals surface area contributed by atoms with Crippen LogP contribution in [0.25, 0.3) is 0 Å². The van der Waals surface area contributed by atoms with E-state index in [1.54, 1.807) is 13.0 Å². The number of aromatic nitrogens is 1. The minimum Gasteiger partial charge on any atom is -0.361 e. The van der Waals surface area contributed by atoms with E-state index in [-0.39, 0.29) is 11.9 Å². The molecule has 3 aromatic rings. The zero-order valence-electron chi connectivity index (χ0n) is 14.3. The first-order valence-electron chi connectivity index (χ1n) is 8.55. The molecule has 3 rings (SSSR count). The molecule has 1 N–H and O–H groups in total. The number of carbonyl (C=O) groups excluding carboxylic acids is 1. The molecule has 1 heterocycles. The lowest BCUT2D eigenvalue weighted by Gasteiger charge is -2.18. The topological polar surface area (TPSA) is 55.1 Å². The Hall–Kier alpha value is -2.88. The van der Waals surface area contributed by atoms with Gasteiger partial charge in [-0.2, -0.15) is 0 Å². The molecule has 1 unspecified atom stereocenters. The number of hydrogen-bond donors (Lipinski definition) is 1. The molecule has 0 saturated carbocycles. The predicted molar refractivity (Wildman–Crippen MR) is 97.3 cm³/mol. The van der Waals surface area contributed by atoms with Crippen molar-refractivity contribution in [2.75, 3.05) is 0 Å². The van der Waals surface area contributed by atoms with Crippen LogP contribution in [-0.4, -0.2) is 11.1 Å². The fraction of sp³-hybridized carbons (Fsp3) is 0.238. The maximum absolute atomic E-state index is 12.4. The summed E-state index contributed by atoms with van der Waals surface area (Å²) < 4.78 is 5.00. The largest absolute Gasteiger partial charge is 0.361 e. The number of rotatable bonds is 7. The average molecular weight is 334 g/mol. The molecule has 2 aromatic carbocycles. The van der Waals surface area contributed by atoms with Crippen molar-refractivity contribution in [3.8, 4) is 0 Å². The SMILES string of the molecule is Cc1cc(C(=O)NC(CCCc2ccccc2)c2ccccc2)no1. The van der Waals surface area contributed by atoms with E-state index < -0.39 is 0 Å². The van der Waals surface area contributed by atoms with Crippen LogP contribution >= 0.6 is 0 Å². The highest BCUT2D eigenvalue weighted by Crippen LogP contribution is 2.20. The molecule has 0 aliphatic rings. The van der Waals surface area contributed by atoms with Crippen molar-refractivity contribution in [1.82, 2.24) is 10.5 Å². The van der Waals surface area contributed by atoms with Gasteiger partial charge in [0, 0.05) is 6.07 Å². The van der Waals surface area contributed by atoms with Gasteiger partial charge in [-0.1, -0.05) is 65.8 Å². The zero-order chi connectivity index (χ0) is 17.5. The Kier molecular flexibility index (Phi) is 5.62. The molecule has 0 spiro atoms. The molecule has 1 aromatic heterocycles. The van der Waals surface area contributed by atoms with Gasteiger partial charge >= 0.3 is 0 Å². The van der Waals surface area contributed by atoms with Crippen molar-refractivity contribution in [3.63, 3.8) is 0 Å². The van der Waals surface area contributed by atoms with Crippen molar-refractivity contribution >= 4 is 5.91 Å². The van der Waals surface area contributed by atoms with Crippen LogP contribution in [0.3, 0.4) is 0 Å². The van der Waals surface area contributed by atoms with E-state index in [2.05, 4.69) is 34.7 Å². The van der Waals surface area contributed by atoms with Crippen molar-refractivity contribution in [2.24, 2.45) is 0 Å². The number of amides is 1. The third-order valence-electron chi connectivity index (χ3n) is 4.17. The fourth-order valence-electron chi connectivity index (χ4n) is 2.87. The molecular weight excluding hydrogens is 312 g/mol. The molecule has 0 aliphatic carbocycles. The van der Waals surface area contributed by atoms with E-state index >= 15 is 0 Å². The summed E-state index contributed by atoms with van der Waals surface area (Å²) in [4.78, 5) is 12.4. The fourth-order valence-corrected chi connectivity index (χ4v) is 2.87. The Morgan fingerprint density at radius 1 is 1.08 bits per heavy atom. The summed E-state index contributed by atoms with van der Waals surface area (Å²) in [5, 5.41) is 6.89. The monoisotopic (exact) mass is 334 g/mol. The lowest BCUT2D eigenvalue weighted by atomic mass is 9.99. The third-order valence-corrected chi connectivity index (χ3v) is 4.17. The molecule has 0 saturated heterocycles. The standard InChI is InChI=1S/C21H22N2O2/c1-16-15-20(23-25-16)21(24)22-19(18-12-6-3-7-13-18)14-8-11-17-9-4-2-5-10-17/h2-7,9-10,12-13,15,19H,8,11,14H2,1H3,(H,22,24). The number of benzene rings is 2. The Balaban J connectivity index is 1.66. The number of nitrogens with one attached hydrogen (secondary N) is 1. The summed E-state index contributed by atoms with van der Waals surface area (Å²) in [7, 11) is 0. The van der Waals surface area contributed by atoms with Gasteiger partial charge in [-0.25, -0.2) is 0 Å². The van der Waals surface area contributed by atoms with Crippen LogP contribution in [0.15, 0.2) is 71.3 Å². The lowest BCUT2D eigenvalue weighted by Crippen LogP contribution is -2.29. The van der Waals surface area contributed by atoms with Gasteiger partial charge in [0.1, 0.15) is 5.76 Å². The lowest BCUT2D eigenvalue weighted by molar-refractivity contribution is 0.0925. The zero-order valence-corrected chi connectivity index (χ0v) is 14.3. The van der Waals surface area contributed by atoms with E-state index in [0.29, 0.717) is 11.5 Å². The van der Waals surface area contributed by atoms with Crippen LogP contribution in [-0.2, 0) is 6.42 Å². The summed E-state index contributed by atoms with van der Waals surface area (Å²) in [6, 6.07) is 22.1. The molecule has 0 radical (unpaired) electrons. The first-order chi connectivity index (χ1) is 12.2. The highest BCUT2D eigenvalue weighted by Gasteiger charge is 2.18. The van der Waals surface area contributed by atoms with Crippen LogP contribution in [0.2, 0.25) is 0 Å². The molecule has 1 atom stereocenters. The van der Waals surface area contributed by atoms with E-state index in [4.69, 9.17) is 4.52 Å². The minimum atomic E-state index is -0.203. The maximum Gasteiger partial charge on any atom is 0.273 e. The number of carbonyl (C=O) groups is 1. The van der Waals surface area contributed by atoms with E-state index in [9.17, 15) is 4.79 Å². The van der Waals surface area contributed by atoms with Gasteiger partial charge in [0.2, 0.25) is 0 Å². The Morgan fingerprint density at radius 2 is 1.76 bits per heavy atom. The number of nitrogens with zero attached hydrogens (tertiary/aromatic N) is 1. The number of aryl methyl sites for hydroxylation is 2. The predicted octanol–water partition coefficient (Wildman–Crippen LogP) is 4.48. The average Bonchev–Trinajstić information content (AvgIpc) is 3.09. The van der Waals surface area contributed by atoms with Crippen LogP contribution in [0.5, 0.6) is 0 Å².